The highest BCUT2D eigenvalue weighted by atomic mass is 19.3. The number of carbonyl (C=O) groups excluding carboxylic acids is 2. The zero-order valence-electron chi connectivity index (χ0n) is 17.8. The molecule has 3 heterocycles. The summed E-state index contributed by atoms with van der Waals surface area (Å²) in [6, 6.07) is 11.7. The fourth-order valence-corrected chi connectivity index (χ4v) is 4.77. The van der Waals surface area contributed by atoms with Crippen molar-refractivity contribution in [3.05, 3.63) is 53.6 Å². The Labute approximate surface area is 188 Å². The third-order valence-electron chi connectivity index (χ3n) is 6.47. The Morgan fingerprint density at radius 1 is 0.970 bits per heavy atom. The minimum Gasteiger partial charge on any atom is -0.435 e. The molecule has 5 rings (SSSR count). The number of halogens is 2. The number of hydrogen-bond donors (Lipinski definition) is 1. The van der Waals surface area contributed by atoms with Gasteiger partial charge in [-0.1, -0.05) is 12.1 Å². The Bertz CT molecular complexity index is 1150. The van der Waals surface area contributed by atoms with E-state index in [4.69, 9.17) is 0 Å². The number of nitrogens with zero attached hydrogens (tertiary/aromatic N) is 4. The molecule has 0 aliphatic carbocycles. The maximum Gasteiger partial charge on any atom is 0.387 e. The highest BCUT2D eigenvalue weighted by Crippen LogP contribution is 2.32. The van der Waals surface area contributed by atoms with Gasteiger partial charge in [0, 0.05) is 50.0 Å². The quantitative estimate of drug-likeness (QED) is 0.617. The van der Waals surface area contributed by atoms with E-state index in [0.717, 1.165) is 11.1 Å². The monoisotopic (exact) mass is 455 g/mol. The zero-order valence-corrected chi connectivity index (χ0v) is 17.8. The Balaban J connectivity index is 1.12. The van der Waals surface area contributed by atoms with Crippen LogP contribution in [0.3, 0.4) is 0 Å². The van der Waals surface area contributed by atoms with E-state index in [1.54, 1.807) is 30.3 Å². The van der Waals surface area contributed by atoms with Crippen molar-refractivity contribution in [3.63, 3.8) is 0 Å². The number of benzene rings is 2. The summed E-state index contributed by atoms with van der Waals surface area (Å²) in [5, 5.41) is 10.6. The summed E-state index contributed by atoms with van der Waals surface area (Å²) in [6.07, 6.45) is 0.892. The van der Waals surface area contributed by atoms with Gasteiger partial charge < -0.3 is 14.5 Å². The molecule has 10 heteroatoms. The molecular weight excluding hydrogens is 432 g/mol. The van der Waals surface area contributed by atoms with Crippen molar-refractivity contribution in [2.24, 2.45) is 11.8 Å². The van der Waals surface area contributed by atoms with Gasteiger partial charge in [-0.25, -0.2) is 0 Å². The van der Waals surface area contributed by atoms with Gasteiger partial charge in [0.05, 0.1) is 0 Å². The van der Waals surface area contributed by atoms with Crippen molar-refractivity contribution < 1.29 is 23.1 Å². The van der Waals surface area contributed by atoms with E-state index in [1.165, 1.54) is 12.1 Å². The molecule has 2 fully saturated rings. The molecule has 2 aliphatic rings. The fraction of sp³-hybridized carbons (Fsp3) is 0.391. The molecular formula is C23H23F2N5O3. The van der Waals surface area contributed by atoms with Crippen molar-refractivity contribution in [3.8, 4) is 5.75 Å². The number of hydrogen-bond acceptors (Lipinski definition) is 5. The molecule has 0 saturated carbocycles. The number of aryl methyl sites for hydroxylation is 1. The van der Waals surface area contributed by atoms with Gasteiger partial charge in [-0.3, -0.25) is 9.59 Å². The van der Waals surface area contributed by atoms with Gasteiger partial charge >= 0.3 is 6.61 Å². The second kappa shape index (κ2) is 8.76. The number of carbonyl (C=O) groups is 2. The molecule has 0 bridgehead atoms. The van der Waals surface area contributed by atoms with Crippen molar-refractivity contribution >= 4 is 22.8 Å². The lowest BCUT2D eigenvalue weighted by atomic mass is 10.0. The number of amides is 2. The van der Waals surface area contributed by atoms with Crippen molar-refractivity contribution in [1.29, 1.82) is 0 Å². The molecule has 0 spiro atoms. The third-order valence-corrected chi connectivity index (χ3v) is 6.47. The van der Waals surface area contributed by atoms with Crippen LogP contribution in [0.5, 0.6) is 5.75 Å². The standard InChI is InChI=1S/C23H23F2N5O3/c24-23(25)33-18-5-1-14(2-6-18)3-8-21(31)29-10-16-12-30(13-17(16)11-29)22(32)15-4-7-19-20(9-15)27-28-26-19/h1-2,4-7,9,16-17,23H,3,8,10-13H2,(H,26,27,28)/t16-,17-/m1/s1. The molecule has 2 saturated heterocycles. The first-order valence-corrected chi connectivity index (χ1v) is 10.9. The van der Waals surface area contributed by atoms with Gasteiger partial charge in [0.25, 0.3) is 5.91 Å². The van der Waals surface area contributed by atoms with Crippen LogP contribution in [-0.4, -0.2) is 69.8 Å². The lowest BCUT2D eigenvalue weighted by Crippen LogP contribution is -2.35. The van der Waals surface area contributed by atoms with Crippen LogP contribution in [-0.2, 0) is 11.2 Å². The number of nitrogens with one attached hydrogen (secondary N) is 1. The molecule has 1 aromatic heterocycles. The lowest BCUT2D eigenvalue weighted by molar-refractivity contribution is -0.130. The van der Waals surface area contributed by atoms with E-state index >= 15 is 0 Å². The summed E-state index contributed by atoms with van der Waals surface area (Å²) in [6.45, 7) is -0.283. The second-order valence-corrected chi connectivity index (χ2v) is 8.58. The number of ether oxygens (including phenoxy) is 1. The largest absolute Gasteiger partial charge is 0.435 e. The summed E-state index contributed by atoms with van der Waals surface area (Å²) < 4.78 is 28.8. The number of fused-ring (bicyclic) bond motifs is 2. The van der Waals surface area contributed by atoms with E-state index in [0.29, 0.717) is 50.1 Å². The maximum absolute atomic E-state index is 12.9. The number of alkyl halides is 2. The van der Waals surface area contributed by atoms with Gasteiger partial charge in [-0.05, 0) is 42.3 Å². The van der Waals surface area contributed by atoms with Gasteiger partial charge in [0.15, 0.2) is 0 Å². The summed E-state index contributed by atoms with van der Waals surface area (Å²) in [7, 11) is 0. The lowest BCUT2D eigenvalue weighted by Gasteiger charge is -2.22. The van der Waals surface area contributed by atoms with Gasteiger partial charge in [-0.2, -0.15) is 24.2 Å². The first-order chi connectivity index (χ1) is 16.0. The molecule has 0 radical (unpaired) electrons. The number of aromatic amines is 1. The Hall–Kier alpha value is -3.56. The SMILES string of the molecule is O=C(CCc1ccc(OC(F)F)cc1)N1C[C@@H]2CN(C(=O)c3ccc4n[nH]nc4c3)C[C@H]2C1. The van der Waals surface area contributed by atoms with Crippen LogP contribution in [0.2, 0.25) is 0 Å². The normalized spacial score (nSPS) is 20.0. The first-order valence-electron chi connectivity index (χ1n) is 10.9. The highest BCUT2D eigenvalue weighted by Gasteiger charge is 2.42. The average Bonchev–Trinajstić information content (AvgIpc) is 3.51. The van der Waals surface area contributed by atoms with E-state index in [2.05, 4.69) is 20.1 Å². The number of likely N-dealkylation sites (tertiary alicyclic amines) is 2. The van der Waals surface area contributed by atoms with Crippen LogP contribution >= 0.6 is 0 Å². The van der Waals surface area contributed by atoms with Crippen LogP contribution in [0.1, 0.15) is 22.3 Å². The molecule has 2 atom stereocenters. The third kappa shape index (κ3) is 4.50. The van der Waals surface area contributed by atoms with Gasteiger partial charge in [0.2, 0.25) is 5.91 Å². The minimum atomic E-state index is -2.85. The topological polar surface area (TPSA) is 91.4 Å². The molecule has 2 aromatic carbocycles. The van der Waals surface area contributed by atoms with Crippen molar-refractivity contribution in [1.82, 2.24) is 25.2 Å². The van der Waals surface area contributed by atoms with E-state index < -0.39 is 6.61 Å². The molecule has 1 N–H and O–H groups in total. The van der Waals surface area contributed by atoms with Crippen molar-refractivity contribution in [2.75, 3.05) is 26.2 Å². The average molecular weight is 455 g/mol. The number of aromatic nitrogens is 3. The first kappa shape index (κ1) is 21.3. The van der Waals surface area contributed by atoms with Crippen LogP contribution in [0.4, 0.5) is 8.78 Å². The van der Waals surface area contributed by atoms with Gasteiger partial charge in [0.1, 0.15) is 16.8 Å². The highest BCUT2D eigenvalue weighted by molar-refractivity contribution is 5.97. The molecule has 2 amide bonds. The number of rotatable bonds is 6. The fourth-order valence-electron chi connectivity index (χ4n) is 4.77. The summed E-state index contributed by atoms with van der Waals surface area (Å²) in [4.78, 5) is 29.4. The second-order valence-electron chi connectivity index (χ2n) is 8.58. The molecule has 3 aromatic rings. The Morgan fingerprint density at radius 2 is 1.64 bits per heavy atom. The van der Waals surface area contributed by atoms with Crippen LogP contribution < -0.4 is 4.74 Å². The minimum absolute atomic E-state index is 0.0218. The van der Waals surface area contributed by atoms with E-state index in [9.17, 15) is 18.4 Å². The Kier molecular flexibility index (Phi) is 5.65. The zero-order chi connectivity index (χ0) is 22.9. The smallest absolute Gasteiger partial charge is 0.387 e. The molecule has 33 heavy (non-hydrogen) atoms. The van der Waals surface area contributed by atoms with E-state index in [-0.39, 0.29) is 29.4 Å². The van der Waals surface area contributed by atoms with Crippen molar-refractivity contribution in [2.45, 2.75) is 19.5 Å². The maximum atomic E-state index is 12.9. The molecule has 0 unspecified atom stereocenters. The van der Waals surface area contributed by atoms with Gasteiger partial charge in [-0.15, -0.1) is 0 Å². The van der Waals surface area contributed by atoms with E-state index in [1.807, 2.05) is 9.80 Å². The summed E-state index contributed by atoms with van der Waals surface area (Å²) in [5.41, 5.74) is 2.86. The molecule has 172 valence electrons. The molecule has 2 aliphatic heterocycles. The van der Waals surface area contributed by atoms with Crippen LogP contribution in [0.15, 0.2) is 42.5 Å². The predicted octanol–water partition coefficient (Wildman–Crippen LogP) is 2.72. The predicted molar refractivity (Wildman–Crippen MR) is 115 cm³/mol. The molecule has 8 nitrogen and oxygen atoms in total. The Morgan fingerprint density at radius 3 is 2.33 bits per heavy atom. The number of H-pyrrole nitrogens is 1. The summed E-state index contributed by atoms with van der Waals surface area (Å²) >= 11 is 0. The summed E-state index contributed by atoms with van der Waals surface area (Å²) in [5.74, 6) is 0.713. The van der Waals surface area contributed by atoms with Crippen LogP contribution in [0.25, 0.3) is 11.0 Å². The van der Waals surface area contributed by atoms with Crippen LogP contribution in [0, 0.1) is 11.8 Å².